The van der Waals surface area contributed by atoms with Gasteiger partial charge in [-0.25, -0.2) is 0 Å². The average molecular weight is 426 g/mol. The number of allylic oxidation sites excluding steroid dienone is 2. The SMILES string of the molecule is C=CCOc1ccc([C@@H]2C3=C(CC(C)(C)CC3=O)N=C(C)C2C(=O)OCC)cc1OC. The first-order valence-electron chi connectivity index (χ1n) is 10.6. The van der Waals surface area contributed by atoms with Gasteiger partial charge in [-0.05, 0) is 43.4 Å². The van der Waals surface area contributed by atoms with Crippen LogP contribution in [0.3, 0.4) is 0 Å². The number of rotatable bonds is 7. The van der Waals surface area contributed by atoms with E-state index in [1.807, 2.05) is 19.1 Å². The van der Waals surface area contributed by atoms with Crippen molar-refractivity contribution in [3.05, 3.63) is 47.7 Å². The van der Waals surface area contributed by atoms with E-state index in [1.54, 1.807) is 26.2 Å². The summed E-state index contributed by atoms with van der Waals surface area (Å²) in [6, 6.07) is 5.53. The number of ether oxygens (including phenoxy) is 3. The first kappa shape index (κ1) is 22.8. The van der Waals surface area contributed by atoms with Gasteiger partial charge in [-0.15, -0.1) is 0 Å². The molecule has 2 aliphatic rings. The van der Waals surface area contributed by atoms with E-state index >= 15 is 0 Å². The molecule has 0 spiro atoms. The first-order chi connectivity index (χ1) is 14.7. The molecule has 6 nitrogen and oxygen atoms in total. The lowest BCUT2D eigenvalue weighted by Crippen LogP contribution is -2.39. The normalized spacial score (nSPS) is 22.4. The summed E-state index contributed by atoms with van der Waals surface area (Å²) in [5.41, 5.74) is 2.69. The van der Waals surface area contributed by atoms with Crippen molar-refractivity contribution in [1.29, 1.82) is 0 Å². The largest absolute Gasteiger partial charge is 0.493 e. The molecule has 0 N–H and O–H groups in total. The van der Waals surface area contributed by atoms with Crippen LogP contribution in [0.2, 0.25) is 0 Å². The molecule has 0 fully saturated rings. The van der Waals surface area contributed by atoms with E-state index in [-0.39, 0.29) is 23.8 Å². The predicted octanol–water partition coefficient (Wildman–Crippen LogP) is 4.64. The van der Waals surface area contributed by atoms with E-state index in [0.717, 1.165) is 11.3 Å². The maximum Gasteiger partial charge on any atom is 0.315 e. The standard InChI is InChI=1S/C25H31NO5/c1-7-11-31-19-10-9-16(12-20(19)29-6)22-21(24(28)30-8-2)15(3)26-17-13-25(4,5)14-18(27)23(17)22/h7,9-10,12,21-22H,1,8,11,13-14H2,2-6H3/t21?,22-/m0/s1. The lowest BCUT2D eigenvalue weighted by Gasteiger charge is -2.39. The summed E-state index contributed by atoms with van der Waals surface area (Å²) in [6.45, 7) is 12.0. The van der Waals surface area contributed by atoms with Gasteiger partial charge in [-0.1, -0.05) is 32.6 Å². The van der Waals surface area contributed by atoms with Gasteiger partial charge in [-0.2, -0.15) is 0 Å². The molecule has 31 heavy (non-hydrogen) atoms. The van der Waals surface area contributed by atoms with E-state index in [4.69, 9.17) is 19.2 Å². The summed E-state index contributed by atoms with van der Waals surface area (Å²) in [5, 5.41) is 0. The molecule has 6 heteroatoms. The fourth-order valence-electron chi connectivity index (χ4n) is 4.49. The Bertz CT molecular complexity index is 957. The highest BCUT2D eigenvalue weighted by molar-refractivity contribution is 6.09. The first-order valence-corrected chi connectivity index (χ1v) is 10.6. The molecular weight excluding hydrogens is 394 g/mol. The number of Topliss-reactive ketones (excluding diaryl/α,β-unsaturated/α-hetero) is 1. The number of carbonyl (C=O) groups is 2. The van der Waals surface area contributed by atoms with Crippen molar-refractivity contribution < 1.29 is 23.8 Å². The summed E-state index contributed by atoms with van der Waals surface area (Å²) in [4.78, 5) is 31.0. The van der Waals surface area contributed by atoms with E-state index in [9.17, 15) is 9.59 Å². The number of nitrogens with zero attached hydrogens (tertiary/aromatic N) is 1. The zero-order valence-corrected chi connectivity index (χ0v) is 19.0. The van der Waals surface area contributed by atoms with Crippen LogP contribution < -0.4 is 9.47 Å². The van der Waals surface area contributed by atoms with Gasteiger partial charge in [-0.3, -0.25) is 14.6 Å². The third-order valence-corrected chi connectivity index (χ3v) is 5.75. The van der Waals surface area contributed by atoms with E-state index in [2.05, 4.69) is 20.4 Å². The number of esters is 1. The van der Waals surface area contributed by atoms with Crippen molar-refractivity contribution in [2.24, 2.45) is 16.3 Å². The average Bonchev–Trinajstić information content (AvgIpc) is 2.70. The molecule has 3 rings (SSSR count). The molecule has 0 bridgehead atoms. The van der Waals surface area contributed by atoms with Crippen molar-refractivity contribution in [3.63, 3.8) is 0 Å². The van der Waals surface area contributed by atoms with Gasteiger partial charge in [0.25, 0.3) is 0 Å². The van der Waals surface area contributed by atoms with Crippen molar-refractivity contribution in [1.82, 2.24) is 0 Å². The Kier molecular flexibility index (Phi) is 6.68. The molecule has 0 saturated heterocycles. The maximum absolute atomic E-state index is 13.3. The minimum atomic E-state index is -0.659. The Morgan fingerprint density at radius 2 is 2.03 bits per heavy atom. The highest BCUT2D eigenvalue weighted by atomic mass is 16.5. The molecule has 2 atom stereocenters. The Hall–Kier alpha value is -2.89. The Morgan fingerprint density at radius 1 is 1.29 bits per heavy atom. The second-order valence-electron chi connectivity index (χ2n) is 8.77. The zero-order valence-electron chi connectivity index (χ0n) is 19.0. The predicted molar refractivity (Wildman–Crippen MR) is 120 cm³/mol. The van der Waals surface area contributed by atoms with Crippen LogP contribution in [0.1, 0.15) is 52.0 Å². The van der Waals surface area contributed by atoms with Crippen LogP contribution in [-0.2, 0) is 14.3 Å². The van der Waals surface area contributed by atoms with Crippen LogP contribution in [0.5, 0.6) is 11.5 Å². The van der Waals surface area contributed by atoms with Crippen LogP contribution in [0, 0.1) is 11.3 Å². The Balaban J connectivity index is 2.15. The monoisotopic (exact) mass is 425 g/mol. The summed E-state index contributed by atoms with van der Waals surface area (Å²) in [7, 11) is 1.56. The fourth-order valence-corrected chi connectivity index (χ4v) is 4.49. The summed E-state index contributed by atoms with van der Waals surface area (Å²) in [6.07, 6.45) is 2.77. The van der Waals surface area contributed by atoms with E-state index < -0.39 is 11.8 Å². The van der Waals surface area contributed by atoms with Crippen LogP contribution in [0.15, 0.2) is 47.1 Å². The van der Waals surface area contributed by atoms with Crippen LogP contribution >= 0.6 is 0 Å². The molecule has 1 aliphatic carbocycles. The van der Waals surface area contributed by atoms with Gasteiger partial charge in [0.1, 0.15) is 12.5 Å². The third kappa shape index (κ3) is 4.58. The molecule has 0 aromatic heterocycles. The minimum absolute atomic E-state index is 0.0350. The molecule has 1 unspecified atom stereocenters. The lowest BCUT2D eigenvalue weighted by atomic mass is 9.67. The molecule has 1 aromatic rings. The van der Waals surface area contributed by atoms with Gasteiger partial charge in [0.2, 0.25) is 0 Å². The molecule has 0 amide bonds. The molecule has 1 aromatic carbocycles. The molecule has 0 saturated carbocycles. The molecule has 0 radical (unpaired) electrons. The molecular formula is C25H31NO5. The highest BCUT2D eigenvalue weighted by Gasteiger charge is 2.46. The van der Waals surface area contributed by atoms with Crippen molar-refractivity contribution in [3.8, 4) is 11.5 Å². The second-order valence-corrected chi connectivity index (χ2v) is 8.77. The van der Waals surface area contributed by atoms with Crippen LogP contribution in [0.25, 0.3) is 0 Å². The van der Waals surface area contributed by atoms with Crippen molar-refractivity contribution in [2.45, 2.75) is 46.5 Å². The number of carbonyl (C=O) groups excluding carboxylic acids is 2. The van der Waals surface area contributed by atoms with Gasteiger partial charge in [0.15, 0.2) is 17.3 Å². The number of hydrogen-bond donors (Lipinski definition) is 0. The maximum atomic E-state index is 13.3. The highest BCUT2D eigenvalue weighted by Crippen LogP contribution is 2.48. The lowest BCUT2D eigenvalue weighted by molar-refractivity contribution is -0.146. The van der Waals surface area contributed by atoms with Crippen molar-refractivity contribution in [2.75, 3.05) is 20.3 Å². The van der Waals surface area contributed by atoms with Gasteiger partial charge in [0.05, 0.1) is 13.7 Å². The Labute approximate surface area is 184 Å². The van der Waals surface area contributed by atoms with Gasteiger partial charge in [0, 0.05) is 29.3 Å². The smallest absolute Gasteiger partial charge is 0.315 e. The molecule has 1 heterocycles. The summed E-state index contributed by atoms with van der Waals surface area (Å²) in [5.74, 6) is -0.360. The second kappa shape index (κ2) is 9.08. The van der Waals surface area contributed by atoms with E-state index in [0.29, 0.717) is 42.2 Å². The fraction of sp³-hybridized carbons (Fsp3) is 0.480. The summed E-state index contributed by atoms with van der Waals surface area (Å²) >= 11 is 0. The molecule has 166 valence electrons. The minimum Gasteiger partial charge on any atom is -0.493 e. The molecule has 1 aliphatic heterocycles. The third-order valence-electron chi connectivity index (χ3n) is 5.75. The number of benzene rings is 1. The van der Waals surface area contributed by atoms with E-state index in [1.165, 1.54) is 0 Å². The van der Waals surface area contributed by atoms with Gasteiger partial charge >= 0.3 is 5.97 Å². The topological polar surface area (TPSA) is 74.2 Å². The number of methoxy groups -OCH3 is 1. The summed E-state index contributed by atoms with van der Waals surface area (Å²) < 4.78 is 16.6. The van der Waals surface area contributed by atoms with Crippen molar-refractivity contribution >= 4 is 17.5 Å². The zero-order chi connectivity index (χ0) is 22.8. The number of ketones is 1. The Morgan fingerprint density at radius 3 is 2.68 bits per heavy atom. The number of aliphatic imine (C=N–C) groups is 1. The quantitative estimate of drug-likeness (QED) is 0.470. The van der Waals surface area contributed by atoms with Crippen LogP contribution in [-0.4, -0.2) is 37.8 Å². The van der Waals surface area contributed by atoms with Gasteiger partial charge < -0.3 is 14.2 Å². The number of hydrogen-bond acceptors (Lipinski definition) is 6. The van der Waals surface area contributed by atoms with Crippen LogP contribution in [0.4, 0.5) is 0 Å².